The Bertz CT molecular complexity index is 1470. The van der Waals surface area contributed by atoms with Crippen molar-refractivity contribution in [3.63, 3.8) is 0 Å². The number of carboxylic acids is 1. The molecule has 2 amide bonds. The topological polar surface area (TPSA) is 164 Å². The fraction of sp³-hybridized carbons (Fsp3) is 0.548. The average Bonchev–Trinajstić information content (AvgIpc) is 3.63. The van der Waals surface area contributed by atoms with Gasteiger partial charge in [0.25, 0.3) is 12.3 Å². The van der Waals surface area contributed by atoms with E-state index in [1.807, 2.05) is 0 Å². The van der Waals surface area contributed by atoms with Crippen molar-refractivity contribution in [1.29, 1.82) is 5.26 Å². The highest BCUT2D eigenvalue weighted by Crippen LogP contribution is 2.49. The third-order valence-corrected chi connectivity index (χ3v) is 9.40. The van der Waals surface area contributed by atoms with Crippen molar-refractivity contribution in [2.75, 3.05) is 7.11 Å². The molecule has 0 aliphatic heterocycles. The number of benzene rings is 1. The number of amides is 2. The van der Waals surface area contributed by atoms with Gasteiger partial charge in [-0.2, -0.15) is 5.26 Å². The van der Waals surface area contributed by atoms with E-state index in [1.54, 1.807) is 6.92 Å². The molecule has 44 heavy (non-hydrogen) atoms. The molecule has 11 nitrogen and oxygen atoms in total. The number of ether oxygens (including phenoxy) is 2. The Balaban J connectivity index is 1.30. The lowest BCUT2D eigenvalue weighted by atomic mass is 9.75. The first-order valence-electron chi connectivity index (χ1n) is 14.7. The highest BCUT2D eigenvalue weighted by atomic mass is 19.3. The summed E-state index contributed by atoms with van der Waals surface area (Å²) in [5.41, 5.74) is -0.918. The maximum atomic E-state index is 13.7. The smallest absolute Gasteiger partial charge is 0.309 e. The summed E-state index contributed by atoms with van der Waals surface area (Å²) in [6.07, 6.45) is 2.45. The Kier molecular flexibility index (Phi) is 8.99. The molecule has 13 heteroatoms. The summed E-state index contributed by atoms with van der Waals surface area (Å²) in [7, 11) is 1.39. The summed E-state index contributed by atoms with van der Waals surface area (Å²) in [5, 5.41) is 25.1. The van der Waals surface area contributed by atoms with Crippen LogP contribution >= 0.6 is 0 Å². The Morgan fingerprint density at radius 1 is 1.16 bits per heavy atom. The molecular weight excluding hydrogens is 576 g/mol. The van der Waals surface area contributed by atoms with Crippen LogP contribution in [0.4, 0.5) is 8.78 Å². The lowest BCUT2D eigenvalue weighted by Crippen LogP contribution is -2.49. The minimum atomic E-state index is -2.75. The molecule has 3 N–H and O–H groups in total. The number of methoxy groups -OCH3 is 1. The van der Waals surface area contributed by atoms with Crippen LogP contribution in [0.3, 0.4) is 0 Å². The van der Waals surface area contributed by atoms with Gasteiger partial charge in [-0.25, -0.2) is 18.7 Å². The number of rotatable bonds is 10. The van der Waals surface area contributed by atoms with Crippen LogP contribution in [0.5, 0.6) is 11.5 Å². The molecule has 0 spiro atoms. The van der Waals surface area contributed by atoms with Crippen molar-refractivity contribution < 1.29 is 37.7 Å². The Morgan fingerprint density at radius 3 is 2.55 bits per heavy atom. The Morgan fingerprint density at radius 2 is 1.89 bits per heavy atom. The quantitative estimate of drug-likeness (QED) is 0.358. The number of nitrogens with one attached hydrogen (secondary N) is 2. The van der Waals surface area contributed by atoms with E-state index >= 15 is 0 Å². The van der Waals surface area contributed by atoms with Crippen LogP contribution in [0.2, 0.25) is 0 Å². The van der Waals surface area contributed by atoms with Gasteiger partial charge >= 0.3 is 5.97 Å². The van der Waals surface area contributed by atoms with Gasteiger partial charge in [-0.15, -0.1) is 0 Å². The number of aromatic nitrogens is 2. The van der Waals surface area contributed by atoms with Gasteiger partial charge in [-0.3, -0.25) is 14.4 Å². The van der Waals surface area contributed by atoms with Gasteiger partial charge in [0.1, 0.15) is 29.1 Å². The van der Waals surface area contributed by atoms with Gasteiger partial charge in [0, 0.05) is 18.3 Å². The molecule has 3 saturated carbocycles. The van der Waals surface area contributed by atoms with Crippen molar-refractivity contribution in [3.05, 3.63) is 47.0 Å². The molecule has 3 aliphatic rings. The van der Waals surface area contributed by atoms with Crippen molar-refractivity contribution in [2.24, 2.45) is 23.2 Å². The third kappa shape index (κ3) is 6.30. The van der Waals surface area contributed by atoms with Gasteiger partial charge in [0.2, 0.25) is 5.91 Å². The number of aliphatic carboxylic acids is 1. The van der Waals surface area contributed by atoms with Crippen LogP contribution < -0.4 is 20.1 Å². The van der Waals surface area contributed by atoms with E-state index in [0.717, 1.165) is 25.3 Å². The number of hydrogen-bond donors (Lipinski definition) is 3. The molecule has 5 rings (SSSR count). The predicted molar refractivity (Wildman–Crippen MR) is 151 cm³/mol. The van der Waals surface area contributed by atoms with E-state index < -0.39 is 41.4 Å². The fourth-order valence-corrected chi connectivity index (χ4v) is 6.84. The van der Waals surface area contributed by atoms with Crippen LogP contribution in [0.25, 0.3) is 0 Å². The zero-order valence-corrected chi connectivity index (χ0v) is 24.5. The zero-order valence-electron chi connectivity index (χ0n) is 24.5. The molecule has 1 aromatic heterocycles. The number of carbonyl (C=O) groups excluding carboxylic acids is 2. The van der Waals surface area contributed by atoms with Gasteiger partial charge in [0.15, 0.2) is 0 Å². The summed E-state index contributed by atoms with van der Waals surface area (Å²) in [4.78, 5) is 46.4. The number of halogens is 2. The van der Waals surface area contributed by atoms with Gasteiger partial charge < -0.3 is 25.2 Å². The molecule has 1 heterocycles. The standard InChI is InChI=1S/C31H35F2N5O6/c1-31(30(41)42)8-5-19(6-9-31)44-22-13-20(23(43-2)12-18(22)14-34)28(39)38-26-17-4-3-16(11-17)25(26)29(40)36-15-24-35-10-7-21(37-24)27(32)33/h7,10,12-13,16-17,19,25-27H,3-6,8-9,11,15H2,1-2H3,(H,36,40)(H,38,39)(H,41,42). The summed E-state index contributed by atoms with van der Waals surface area (Å²) in [5.74, 6) is -1.57. The summed E-state index contributed by atoms with van der Waals surface area (Å²) < 4.78 is 37.6. The van der Waals surface area contributed by atoms with Gasteiger partial charge in [-0.05, 0) is 75.8 Å². The van der Waals surface area contributed by atoms with Crippen LogP contribution in [0.15, 0.2) is 24.4 Å². The van der Waals surface area contributed by atoms with Crippen LogP contribution in [0, 0.1) is 34.5 Å². The maximum absolute atomic E-state index is 13.7. The van der Waals surface area contributed by atoms with E-state index in [4.69, 9.17) is 9.47 Å². The first kappa shape index (κ1) is 31.1. The van der Waals surface area contributed by atoms with E-state index in [2.05, 4.69) is 26.7 Å². The number of carbonyl (C=O) groups is 3. The highest BCUT2D eigenvalue weighted by molar-refractivity contribution is 5.98. The predicted octanol–water partition coefficient (Wildman–Crippen LogP) is 4.17. The van der Waals surface area contributed by atoms with E-state index in [1.165, 1.54) is 25.4 Å². The highest BCUT2D eigenvalue weighted by Gasteiger charge is 2.51. The molecular formula is C31H35F2N5O6. The number of alkyl halides is 2. The second-order valence-corrected chi connectivity index (χ2v) is 12.1. The lowest BCUT2D eigenvalue weighted by Gasteiger charge is -2.34. The summed E-state index contributed by atoms with van der Waals surface area (Å²) >= 11 is 0. The second kappa shape index (κ2) is 12.7. The SMILES string of the molecule is COc1cc(C#N)c(OC2CCC(C)(C(=O)O)CC2)cc1C(=O)NC1C2CCC(C2)C1C(=O)NCc1nccc(C(F)F)n1. The minimum absolute atomic E-state index is 0.0585. The number of nitrogens with zero attached hydrogens (tertiary/aromatic N) is 3. The van der Waals surface area contributed by atoms with Gasteiger partial charge in [-0.1, -0.05) is 0 Å². The summed E-state index contributed by atoms with van der Waals surface area (Å²) in [6.45, 7) is 1.59. The molecule has 2 aromatic rings. The average molecular weight is 612 g/mol. The molecule has 3 aliphatic carbocycles. The number of nitriles is 1. The molecule has 4 unspecified atom stereocenters. The van der Waals surface area contributed by atoms with Gasteiger partial charge in [0.05, 0.1) is 42.2 Å². The maximum Gasteiger partial charge on any atom is 0.309 e. The molecule has 234 valence electrons. The Hall–Kier alpha value is -4.34. The lowest BCUT2D eigenvalue weighted by molar-refractivity contribution is -0.150. The molecule has 2 bridgehead atoms. The first-order valence-corrected chi connectivity index (χ1v) is 14.7. The minimum Gasteiger partial charge on any atom is -0.496 e. The molecule has 0 saturated heterocycles. The van der Waals surface area contributed by atoms with Crippen molar-refractivity contribution in [3.8, 4) is 17.6 Å². The zero-order chi connectivity index (χ0) is 31.6. The number of fused-ring (bicyclic) bond motifs is 2. The number of hydrogen-bond acceptors (Lipinski definition) is 8. The van der Waals surface area contributed by atoms with Crippen molar-refractivity contribution in [1.82, 2.24) is 20.6 Å². The van der Waals surface area contributed by atoms with E-state index in [0.29, 0.717) is 25.7 Å². The monoisotopic (exact) mass is 611 g/mol. The summed E-state index contributed by atoms with van der Waals surface area (Å²) in [6, 6.07) is 5.64. The van der Waals surface area contributed by atoms with E-state index in [-0.39, 0.29) is 58.8 Å². The van der Waals surface area contributed by atoms with Crippen molar-refractivity contribution >= 4 is 17.8 Å². The largest absolute Gasteiger partial charge is 0.496 e. The normalized spacial score (nSPS) is 27.4. The first-order chi connectivity index (χ1) is 21.0. The van der Waals surface area contributed by atoms with Crippen molar-refractivity contribution in [2.45, 2.75) is 77.0 Å². The number of carboxylic acid groups (broad SMARTS) is 1. The fourth-order valence-electron chi connectivity index (χ4n) is 6.84. The molecule has 0 radical (unpaired) electrons. The molecule has 1 aromatic carbocycles. The van der Waals surface area contributed by atoms with Crippen LogP contribution in [-0.2, 0) is 16.1 Å². The third-order valence-electron chi connectivity index (χ3n) is 9.40. The van der Waals surface area contributed by atoms with Crippen LogP contribution in [-0.4, -0.2) is 52.1 Å². The Labute approximate surface area is 253 Å². The molecule has 3 fully saturated rings. The van der Waals surface area contributed by atoms with E-state index in [9.17, 15) is 33.5 Å². The van der Waals surface area contributed by atoms with Crippen LogP contribution in [0.1, 0.15) is 85.7 Å². The second-order valence-electron chi connectivity index (χ2n) is 12.1. The molecule has 4 atom stereocenters.